The lowest BCUT2D eigenvalue weighted by molar-refractivity contribution is -0.123. The van der Waals surface area contributed by atoms with Crippen molar-refractivity contribution < 1.29 is 9.18 Å². The first kappa shape index (κ1) is 19.2. The van der Waals surface area contributed by atoms with Crippen molar-refractivity contribution in [3.8, 4) is 0 Å². The van der Waals surface area contributed by atoms with Crippen LogP contribution in [0.3, 0.4) is 0 Å². The summed E-state index contributed by atoms with van der Waals surface area (Å²) in [5.74, 6) is -0.0764. The van der Waals surface area contributed by atoms with Crippen molar-refractivity contribution in [2.24, 2.45) is 5.92 Å². The molecule has 26 heavy (non-hydrogen) atoms. The lowest BCUT2D eigenvalue weighted by Gasteiger charge is -2.29. The highest BCUT2D eigenvalue weighted by molar-refractivity contribution is 7.22. The summed E-state index contributed by atoms with van der Waals surface area (Å²) >= 11 is 1.41. The third-order valence-electron chi connectivity index (χ3n) is 5.34. The van der Waals surface area contributed by atoms with E-state index in [1.807, 2.05) is 11.0 Å². The van der Waals surface area contributed by atoms with Crippen LogP contribution in [0.5, 0.6) is 0 Å². The van der Waals surface area contributed by atoms with Gasteiger partial charge in [-0.3, -0.25) is 9.69 Å². The largest absolute Gasteiger partial charge is 0.302 e. The molecule has 0 aliphatic heterocycles. The molecular formula is C20H28FN3OS. The van der Waals surface area contributed by atoms with E-state index in [9.17, 15) is 9.18 Å². The number of thiazole rings is 1. The van der Waals surface area contributed by atoms with E-state index in [1.165, 1.54) is 23.8 Å². The second-order valence-corrected chi connectivity index (χ2v) is 7.94. The minimum absolute atomic E-state index is 0.0808. The molecule has 0 saturated heterocycles. The number of likely N-dealkylation sites (N-methyl/N-ethyl adjacent to an activating group) is 1. The molecule has 1 saturated carbocycles. The van der Waals surface area contributed by atoms with Gasteiger partial charge in [0.05, 0.1) is 4.70 Å². The third kappa shape index (κ3) is 4.23. The number of anilines is 1. The number of hydrogen-bond donors (Lipinski definition) is 0. The minimum atomic E-state index is -0.321. The summed E-state index contributed by atoms with van der Waals surface area (Å²) in [6.07, 6.45) is 5.37. The summed E-state index contributed by atoms with van der Waals surface area (Å²) < 4.78 is 14.9. The Hall–Kier alpha value is -1.53. The van der Waals surface area contributed by atoms with Crippen LogP contribution in [-0.4, -0.2) is 42.0 Å². The van der Waals surface area contributed by atoms with E-state index in [0.29, 0.717) is 17.2 Å². The first-order valence-corrected chi connectivity index (χ1v) is 10.5. The predicted octanol–water partition coefficient (Wildman–Crippen LogP) is 4.69. The fourth-order valence-corrected chi connectivity index (χ4v) is 4.68. The summed E-state index contributed by atoms with van der Waals surface area (Å²) in [6, 6.07) is 4.99. The monoisotopic (exact) mass is 377 g/mol. The number of benzene rings is 1. The Balaban J connectivity index is 1.87. The Morgan fingerprint density at radius 3 is 2.58 bits per heavy atom. The highest BCUT2D eigenvalue weighted by Crippen LogP contribution is 2.33. The van der Waals surface area contributed by atoms with Crippen LogP contribution in [0.25, 0.3) is 10.2 Å². The van der Waals surface area contributed by atoms with Crippen LogP contribution >= 0.6 is 11.3 Å². The van der Waals surface area contributed by atoms with Crippen molar-refractivity contribution in [1.29, 1.82) is 0 Å². The molecule has 1 aromatic heterocycles. The number of hydrogen-bond acceptors (Lipinski definition) is 4. The molecule has 3 rings (SSSR count). The summed E-state index contributed by atoms with van der Waals surface area (Å²) in [4.78, 5) is 21.8. The van der Waals surface area contributed by atoms with Gasteiger partial charge < -0.3 is 4.90 Å². The number of fused-ring (bicyclic) bond motifs is 1. The van der Waals surface area contributed by atoms with Crippen LogP contribution in [0.15, 0.2) is 18.2 Å². The molecule has 1 amide bonds. The number of rotatable bonds is 7. The van der Waals surface area contributed by atoms with E-state index >= 15 is 0 Å². The van der Waals surface area contributed by atoms with E-state index < -0.39 is 0 Å². The fourth-order valence-electron chi connectivity index (χ4n) is 3.67. The molecule has 0 atom stereocenters. The minimum Gasteiger partial charge on any atom is -0.302 e. The summed E-state index contributed by atoms with van der Waals surface area (Å²) in [5.41, 5.74) is 0.372. The fraction of sp³-hybridized carbons (Fsp3) is 0.600. The first-order valence-electron chi connectivity index (χ1n) is 9.72. The van der Waals surface area contributed by atoms with Gasteiger partial charge in [-0.1, -0.05) is 50.5 Å². The molecule has 0 radical (unpaired) electrons. The van der Waals surface area contributed by atoms with Crippen LogP contribution in [0.2, 0.25) is 0 Å². The number of nitrogens with zero attached hydrogens (tertiary/aromatic N) is 3. The van der Waals surface area contributed by atoms with Crippen molar-refractivity contribution in [2.45, 2.75) is 46.0 Å². The second-order valence-electron chi connectivity index (χ2n) is 6.93. The maximum absolute atomic E-state index is 14.1. The molecule has 4 nitrogen and oxygen atoms in total. The van der Waals surface area contributed by atoms with E-state index in [4.69, 9.17) is 0 Å². The van der Waals surface area contributed by atoms with Crippen molar-refractivity contribution in [2.75, 3.05) is 31.1 Å². The summed E-state index contributed by atoms with van der Waals surface area (Å²) in [7, 11) is 0. The Morgan fingerprint density at radius 1 is 1.19 bits per heavy atom. The predicted molar refractivity (Wildman–Crippen MR) is 106 cm³/mol. The second kappa shape index (κ2) is 8.91. The van der Waals surface area contributed by atoms with Crippen molar-refractivity contribution in [1.82, 2.24) is 9.88 Å². The molecule has 142 valence electrons. The zero-order valence-electron chi connectivity index (χ0n) is 15.7. The van der Waals surface area contributed by atoms with Gasteiger partial charge >= 0.3 is 0 Å². The zero-order chi connectivity index (χ0) is 18.5. The standard InChI is InChI=1S/C20H28FN3OS/c1-3-23(4-2)13-14-24(19(25)15-9-6-5-7-10-15)20-22-18-16(21)11-8-12-17(18)26-20/h8,11-12,15H,3-7,9-10,13-14H2,1-2H3. The van der Waals surface area contributed by atoms with Crippen LogP contribution < -0.4 is 4.90 Å². The van der Waals surface area contributed by atoms with Gasteiger partial charge in [0, 0.05) is 19.0 Å². The number of halogens is 1. The Labute approximate surface area is 159 Å². The first-order chi connectivity index (χ1) is 12.6. The molecule has 1 fully saturated rings. The Kier molecular flexibility index (Phi) is 6.59. The van der Waals surface area contributed by atoms with Gasteiger partial charge in [-0.25, -0.2) is 9.37 Å². The average Bonchev–Trinajstić information content (AvgIpc) is 3.11. The van der Waals surface area contributed by atoms with Crippen LogP contribution in [0, 0.1) is 11.7 Å². The van der Waals surface area contributed by atoms with E-state index in [1.54, 1.807) is 6.07 Å². The molecule has 0 bridgehead atoms. The molecule has 0 unspecified atom stereocenters. The van der Waals surface area contributed by atoms with Gasteiger partial charge in [-0.15, -0.1) is 0 Å². The number of amides is 1. The lowest BCUT2D eigenvalue weighted by atomic mass is 9.88. The van der Waals surface area contributed by atoms with Crippen molar-refractivity contribution in [3.63, 3.8) is 0 Å². The topological polar surface area (TPSA) is 36.4 Å². The van der Waals surface area contributed by atoms with Gasteiger partial charge in [0.1, 0.15) is 11.3 Å². The Bertz CT molecular complexity index is 738. The van der Waals surface area contributed by atoms with E-state index in [-0.39, 0.29) is 17.6 Å². The normalized spacial score (nSPS) is 15.7. The highest BCUT2D eigenvalue weighted by atomic mass is 32.1. The number of aromatic nitrogens is 1. The maximum Gasteiger partial charge on any atom is 0.231 e. The molecule has 0 N–H and O–H groups in total. The van der Waals surface area contributed by atoms with Crippen LogP contribution in [0.4, 0.5) is 9.52 Å². The third-order valence-corrected chi connectivity index (χ3v) is 6.39. The quantitative estimate of drug-likeness (QED) is 0.702. The van der Waals surface area contributed by atoms with Gasteiger partial charge in [0.15, 0.2) is 5.13 Å². The SMILES string of the molecule is CCN(CC)CCN(C(=O)C1CCCCC1)c1nc2c(F)cccc2s1. The van der Waals surface area contributed by atoms with E-state index in [2.05, 4.69) is 23.7 Å². The van der Waals surface area contributed by atoms with Gasteiger partial charge in [0.2, 0.25) is 5.91 Å². The van der Waals surface area contributed by atoms with Crippen molar-refractivity contribution >= 4 is 32.6 Å². The van der Waals surface area contributed by atoms with Gasteiger partial charge in [-0.2, -0.15) is 0 Å². The average molecular weight is 378 g/mol. The van der Waals surface area contributed by atoms with Gasteiger partial charge in [-0.05, 0) is 38.1 Å². The van der Waals surface area contributed by atoms with Gasteiger partial charge in [0.25, 0.3) is 0 Å². The van der Waals surface area contributed by atoms with E-state index in [0.717, 1.165) is 50.0 Å². The number of para-hydroxylation sites is 1. The lowest BCUT2D eigenvalue weighted by Crippen LogP contribution is -2.42. The summed E-state index contributed by atoms with van der Waals surface area (Å²) in [6.45, 7) is 7.59. The Morgan fingerprint density at radius 2 is 1.92 bits per heavy atom. The molecule has 1 aromatic carbocycles. The molecule has 2 aromatic rings. The highest BCUT2D eigenvalue weighted by Gasteiger charge is 2.29. The summed E-state index contributed by atoms with van der Waals surface area (Å²) in [5, 5.41) is 0.632. The molecule has 1 aliphatic rings. The number of carbonyl (C=O) groups excluding carboxylic acids is 1. The van der Waals surface area contributed by atoms with Crippen LogP contribution in [0.1, 0.15) is 46.0 Å². The molecule has 1 aliphatic carbocycles. The number of carbonyl (C=O) groups is 1. The molecular weight excluding hydrogens is 349 g/mol. The molecule has 6 heteroatoms. The maximum atomic E-state index is 14.1. The van der Waals surface area contributed by atoms with Crippen LogP contribution in [-0.2, 0) is 4.79 Å². The van der Waals surface area contributed by atoms with Crippen molar-refractivity contribution in [3.05, 3.63) is 24.0 Å². The molecule has 1 heterocycles. The molecule has 0 spiro atoms. The smallest absolute Gasteiger partial charge is 0.231 e. The zero-order valence-corrected chi connectivity index (χ0v) is 16.5.